The second-order valence-corrected chi connectivity index (χ2v) is 5.18. The van der Waals surface area contributed by atoms with E-state index in [1.54, 1.807) is 12.1 Å². The minimum atomic E-state index is -0.137. The quantitative estimate of drug-likeness (QED) is 0.823. The summed E-state index contributed by atoms with van der Waals surface area (Å²) in [5.41, 5.74) is 1.08. The Morgan fingerprint density at radius 1 is 1.44 bits per heavy atom. The SMILES string of the molecule is CC1CC(NC(C)Cc2cccc(F)c2)C1. The molecule has 2 rings (SSSR count). The zero-order valence-electron chi connectivity index (χ0n) is 10.0. The molecule has 1 aliphatic carbocycles. The van der Waals surface area contributed by atoms with Gasteiger partial charge in [0.15, 0.2) is 0 Å². The lowest BCUT2D eigenvalue weighted by atomic mass is 9.81. The topological polar surface area (TPSA) is 12.0 Å². The van der Waals surface area contributed by atoms with Crippen molar-refractivity contribution in [1.82, 2.24) is 5.32 Å². The summed E-state index contributed by atoms with van der Waals surface area (Å²) in [7, 11) is 0. The molecule has 0 spiro atoms. The monoisotopic (exact) mass is 221 g/mol. The summed E-state index contributed by atoms with van der Waals surface area (Å²) in [5, 5.41) is 3.59. The lowest BCUT2D eigenvalue weighted by Gasteiger charge is -2.35. The van der Waals surface area contributed by atoms with Crippen LogP contribution in [0.4, 0.5) is 4.39 Å². The number of benzene rings is 1. The minimum absolute atomic E-state index is 0.137. The molecule has 16 heavy (non-hydrogen) atoms. The second kappa shape index (κ2) is 4.96. The summed E-state index contributed by atoms with van der Waals surface area (Å²) in [5.74, 6) is 0.737. The molecule has 0 saturated heterocycles. The molecule has 1 aromatic carbocycles. The van der Waals surface area contributed by atoms with Gasteiger partial charge in [-0.1, -0.05) is 19.1 Å². The van der Waals surface area contributed by atoms with Gasteiger partial charge >= 0.3 is 0 Å². The van der Waals surface area contributed by atoms with Crippen molar-refractivity contribution in [1.29, 1.82) is 0 Å². The Morgan fingerprint density at radius 3 is 2.81 bits per heavy atom. The molecule has 88 valence electrons. The van der Waals surface area contributed by atoms with Crippen molar-refractivity contribution in [2.45, 2.75) is 45.2 Å². The Bertz CT molecular complexity index is 344. The molecule has 1 saturated carbocycles. The maximum atomic E-state index is 13.0. The molecule has 0 heterocycles. The standard InChI is InChI=1S/C14H20FN/c1-10-6-14(7-10)16-11(2)8-12-4-3-5-13(15)9-12/h3-5,9-11,14,16H,6-8H2,1-2H3. The van der Waals surface area contributed by atoms with E-state index in [0.29, 0.717) is 12.1 Å². The number of hydrogen-bond acceptors (Lipinski definition) is 1. The number of halogens is 1. The predicted molar refractivity (Wildman–Crippen MR) is 64.9 cm³/mol. The number of rotatable bonds is 4. The van der Waals surface area contributed by atoms with Crippen LogP contribution in [0.2, 0.25) is 0 Å². The first-order valence-electron chi connectivity index (χ1n) is 6.14. The molecule has 0 aromatic heterocycles. The van der Waals surface area contributed by atoms with Crippen LogP contribution in [-0.2, 0) is 6.42 Å². The fourth-order valence-corrected chi connectivity index (χ4v) is 2.52. The van der Waals surface area contributed by atoms with Crippen molar-refractivity contribution < 1.29 is 4.39 Å². The third kappa shape index (κ3) is 3.05. The molecule has 1 atom stereocenters. The Hall–Kier alpha value is -0.890. The molecule has 0 aliphatic heterocycles. The van der Waals surface area contributed by atoms with E-state index in [2.05, 4.69) is 19.2 Å². The maximum absolute atomic E-state index is 13.0. The summed E-state index contributed by atoms with van der Waals surface area (Å²) in [4.78, 5) is 0. The summed E-state index contributed by atoms with van der Waals surface area (Å²) in [6.07, 6.45) is 3.48. The molecule has 0 radical (unpaired) electrons. The molecule has 1 aromatic rings. The van der Waals surface area contributed by atoms with Gasteiger partial charge in [0, 0.05) is 12.1 Å². The third-order valence-electron chi connectivity index (χ3n) is 3.32. The molecular weight excluding hydrogens is 201 g/mol. The van der Waals surface area contributed by atoms with Gasteiger partial charge in [-0.05, 0) is 49.8 Å². The van der Waals surface area contributed by atoms with Crippen LogP contribution < -0.4 is 5.32 Å². The lowest BCUT2D eigenvalue weighted by molar-refractivity contribution is 0.225. The van der Waals surface area contributed by atoms with Crippen molar-refractivity contribution in [3.05, 3.63) is 35.6 Å². The van der Waals surface area contributed by atoms with Crippen molar-refractivity contribution in [2.75, 3.05) is 0 Å². The smallest absolute Gasteiger partial charge is 0.123 e. The van der Waals surface area contributed by atoms with Gasteiger partial charge in [0.25, 0.3) is 0 Å². The van der Waals surface area contributed by atoms with E-state index in [1.807, 2.05) is 6.07 Å². The minimum Gasteiger partial charge on any atom is -0.311 e. The molecule has 0 amide bonds. The first-order chi connectivity index (χ1) is 7.63. The van der Waals surface area contributed by atoms with E-state index in [4.69, 9.17) is 0 Å². The number of nitrogens with one attached hydrogen (secondary N) is 1. The Kier molecular flexibility index (Phi) is 3.59. The Balaban J connectivity index is 1.80. The molecule has 1 fully saturated rings. The normalized spacial score (nSPS) is 26.2. The van der Waals surface area contributed by atoms with Gasteiger partial charge in [0.2, 0.25) is 0 Å². The highest BCUT2D eigenvalue weighted by Gasteiger charge is 2.25. The van der Waals surface area contributed by atoms with Crippen LogP contribution in [0.5, 0.6) is 0 Å². The van der Waals surface area contributed by atoms with Gasteiger partial charge in [-0.2, -0.15) is 0 Å². The average molecular weight is 221 g/mol. The van der Waals surface area contributed by atoms with Gasteiger partial charge in [0.05, 0.1) is 0 Å². The first-order valence-corrected chi connectivity index (χ1v) is 6.14. The zero-order chi connectivity index (χ0) is 11.5. The van der Waals surface area contributed by atoms with Crippen LogP contribution in [0.25, 0.3) is 0 Å². The molecule has 1 nitrogen and oxygen atoms in total. The van der Waals surface area contributed by atoms with Crippen molar-refractivity contribution in [3.63, 3.8) is 0 Å². The van der Waals surface area contributed by atoms with E-state index >= 15 is 0 Å². The molecule has 2 heteroatoms. The first kappa shape index (κ1) is 11.6. The summed E-state index contributed by atoms with van der Waals surface area (Å²) >= 11 is 0. The summed E-state index contributed by atoms with van der Waals surface area (Å²) in [6, 6.07) is 8.00. The van der Waals surface area contributed by atoms with E-state index in [1.165, 1.54) is 18.9 Å². The van der Waals surface area contributed by atoms with Gasteiger partial charge in [-0.15, -0.1) is 0 Å². The molecule has 1 aliphatic rings. The highest BCUT2D eigenvalue weighted by Crippen LogP contribution is 2.26. The third-order valence-corrected chi connectivity index (χ3v) is 3.32. The molecule has 1 N–H and O–H groups in total. The highest BCUT2D eigenvalue weighted by atomic mass is 19.1. The van der Waals surface area contributed by atoms with Crippen LogP contribution in [0, 0.1) is 11.7 Å². The lowest BCUT2D eigenvalue weighted by Crippen LogP contribution is -2.45. The molecule has 0 bridgehead atoms. The van der Waals surface area contributed by atoms with Gasteiger partial charge in [-0.3, -0.25) is 0 Å². The Morgan fingerprint density at radius 2 is 2.19 bits per heavy atom. The largest absolute Gasteiger partial charge is 0.311 e. The zero-order valence-corrected chi connectivity index (χ0v) is 10.0. The van der Waals surface area contributed by atoms with E-state index in [0.717, 1.165) is 17.9 Å². The van der Waals surface area contributed by atoms with Crippen LogP contribution in [0.15, 0.2) is 24.3 Å². The Labute approximate surface area is 97.1 Å². The fraction of sp³-hybridized carbons (Fsp3) is 0.571. The van der Waals surface area contributed by atoms with E-state index in [-0.39, 0.29) is 5.82 Å². The van der Waals surface area contributed by atoms with Crippen LogP contribution in [0.3, 0.4) is 0 Å². The van der Waals surface area contributed by atoms with E-state index < -0.39 is 0 Å². The summed E-state index contributed by atoms with van der Waals surface area (Å²) < 4.78 is 13.0. The van der Waals surface area contributed by atoms with Crippen LogP contribution in [-0.4, -0.2) is 12.1 Å². The average Bonchev–Trinajstić information content (AvgIpc) is 2.15. The van der Waals surface area contributed by atoms with Crippen molar-refractivity contribution in [3.8, 4) is 0 Å². The maximum Gasteiger partial charge on any atom is 0.123 e. The second-order valence-electron chi connectivity index (χ2n) is 5.18. The van der Waals surface area contributed by atoms with Gasteiger partial charge in [-0.25, -0.2) is 4.39 Å². The van der Waals surface area contributed by atoms with E-state index in [9.17, 15) is 4.39 Å². The molecular formula is C14H20FN. The van der Waals surface area contributed by atoms with Crippen molar-refractivity contribution >= 4 is 0 Å². The fourth-order valence-electron chi connectivity index (χ4n) is 2.52. The van der Waals surface area contributed by atoms with Crippen LogP contribution >= 0.6 is 0 Å². The van der Waals surface area contributed by atoms with Crippen LogP contribution in [0.1, 0.15) is 32.3 Å². The van der Waals surface area contributed by atoms with Gasteiger partial charge < -0.3 is 5.32 Å². The summed E-state index contributed by atoms with van der Waals surface area (Å²) in [6.45, 7) is 4.46. The molecule has 1 unspecified atom stereocenters. The highest BCUT2D eigenvalue weighted by molar-refractivity contribution is 5.17. The predicted octanol–water partition coefficient (Wildman–Crippen LogP) is 3.14. The van der Waals surface area contributed by atoms with Gasteiger partial charge in [0.1, 0.15) is 5.82 Å². The number of hydrogen-bond donors (Lipinski definition) is 1. The van der Waals surface area contributed by atoms with Crippen molar-refractivity contribution in [2.24, 2.45) is 5.92 Å².